The number of nitrogens with zero attached hydrogens (tertiary/aromatic N) is 1. The summed E-state index contributed by atoms with van der Waals surface area (Å²) < 4.78 is 5.67. The molecule has 0 unspecified atom stereocenters. The van der Waals surface area contributed by atoms with Crippen molar-refractivity contribution >= 4 is 0 Å². The number of hydrogen-bond acceptors (Lipinski definition) is 3. The number of likely N-dealkylation sites (N-methyl/N-ethyl adjacent to an activating group) is 1. The van der Waals surface area contributed by atoms with Crippen molar-refractivity contribution in [2.45, 2.75) is 32.9 Å². The molecule has 1 heterocycles. The summed E-state index contributed by atoms with van der Waals surface area (Å²) >= 11 is 0. The predicted octanol–water partition coefficient (Wildman–Crippen LogP) is 0.951. The maximum Gasteiger partial charge on any atom is 0.0826 e. The van der Waals surface area contributed by atoms with E-state index in [0.717, 1.165) is 26.2 Å². The Balaban J connectivity index is 2.17. The molecule has 0 aromatic heterocycles. The fraction of sp³-hybridized carbons (Fsp3) is 1.00. The van der Waals surface area contributed by atoms with Crippen molar-refractivity contribution in [3.63, 3.8) is 0 Å². The van der Waals surface area contributed by atoms with E-state index in [0.29, 0.717) is 18.1 Å². The van der Waals surface area contributed by atoms with Crippen molar-refractivity contribution in [2.75, 3.05) is 33.3 Å². The smallest absolute Gasteiger partial charge is 0.0826 e. The molecule has 1 rings (SSSR count). The first-order valence-corrected chi connectivity index (χ1v) is 5.63. The van der Waals surface area contributed by atoms with E-state index >= 15 is 0 Å². The molecule has 3 nitrogen and oxygen atoms in total. The van der Waals surface area contributed by atoms with E-state index in [4.69, 9.17) is 4.74 Å². The number of rotatable bonds is 4. The molecule has 0 aromatic carbocycles. The Kier molecular flexibility index (Phi) is 4.85. The van der Waals surface area contributed by atoms with Crippen LogP contribution in [-0.2, 0) is 4.74 Å². The molecule has 1 aliphatic rings. The zero-order valence-electron chi connectivity index (χ0n) is 9.92. The molecule has 84 valence electrons. The topological polar surface area (TPSA) is 24.5 Å². The maximum atomic E-state index is 5.67. The third-order valence-corrected chi connectivity index (χ3v) is 3.01. The zero-order valence-corrected chi connectivity index (χ0v) is 9.92. The van der Waals surface area contributed by atoms with Crippen molar-refractivity contribution in [3.8, 4) is 0 Å². The highest BCUT2D eigenvalue weighted by Crippen LogP contribution is 2.04. The monoisotopic (exact) mass is 200 g/mol. The molecule has 1 aliphatic heterocycles. The summed E-state index contributed by atoms with van der Waals surface area (Å²) in [4.78, 5) is 2.33. The SMILES string of the molecule is CC(C)[C@H](C)NC[C@H]1CN(C)CCO1. The molecule has 1 N–H and O–H groups in total. The first kappa shape index (κ1) is 12.0. The lowest BCUT2D eigenvalue weighted by atomic mass is 10.1. The van der Waals surface area contributed by atoms with Crippen molar-refractivity contribution in [3.05, 3.63) is 0 Å². The third-order valence-electron chi connectivity index (χ3n) is 3.01. The van der Waals surface area contributed by atoms with Crippen molar-refractivity contribution in [1.82, 2.24) is 10.2 Å². The number of hydrogen-bond donors (Lipinski definition) is 1. The average Bonchev–Trinajstić information content (AvgIpc) is 2.14. The van der Waals surface area contributed by atoms with Crippen LogP contribution in [0.1, 0.15) is 20.8 Å². The van der Waals surface area contributed by atoms with E-state index < -0.39 is 0 Å². The molecule has 0 radical (unpaired) electrons. The number of morpholine rings is 1. The van der Waals surface area contributed by atoms with Crippen LogP contribution in [0, 0.1) is 5.92 Å². The van der Waals surface area contributed by atoms with Crippen molar-refractivity contribution in [2.24, 2.45) is 5.92 Å². The molecule has 1 saturated heterocycles. The molecular formula is C11H24N2O. The minimum Gasteiger partial charge on any atom is -0.374 e. The van der Waals surface area contributed by atoms with Gasteiger partial charge in [-0.25, -0.2) is 0 Å². The van der Waals surface area contributed by atoms with Gasteiger partial charge in [-0.2, -0.15) is 0 Å². The molecule has 3 heteroatoms. The Morgan fingerprint density at radius 1 is 1.43 bits per heavy atom. The quantitative estimate of drug-likeness (QED) is 0.731. The standard InChI is InChI=1S/C11H24N2O/c1-9(2)10(3)12-7-11-8-13(4)5-6-14-11/h9-12H,5-8H2,1-4H3/t10-,11-/m0/s1. The van der Waals surface area contributed by atoms with Crippen LogP contribution < -0.4 is 5.32 Å². The van der Waals surface area contributed by atoms with Gasteiger partial charge >= 0.3 is 0 Å². The van der Waals surface area contributed by atoms with Crippen LogP contribution in [0.2, 0.25) is 0 Å². The van der Waals surface area contributed by atoms with E-state index in [2.05, 4.69) is 38.0 Å². The van der Waals surface area contributed by atoms with Crippen LogP contribution in [-0.4, -0.2) is 50.3 Å². The number of nitrogens with one attached hydrogen (secondary N) is 1. The average molecular weight is 200 g/mol. The summed E-state index contributed by atoms with van der Waals surface area (Å²) in [5.74, 6) is 0.691. The Morgan fingerprint density at radius 3 is 2.71 bits per heavy atom. The van der Waals surface area contributed by atoms with Gasteiger partial charge in [-0.05, 0) is 19.9 Å². The Bertz CT molecular complexity index is 161. The lowest BCUT2D eigenvalue weighted by Gasteiger charge is -2.31. The predicted molar refractivity (Wildman–Crippen MR) is 59.5 cm³/mol. The molecule has 14 heavy (non-hydrogen) atoms. The van der Waals surface area contributed by atoms with Gasteiger partial charge in [0, 0.05) is 25.7 Å². The molecule has 0 bridgehead atoms. The van der Waals surface area contributed by atoms with Gasteiger partial charge in [-0.15, -0.1) is 0 Å². The highest BCUT2D eigenvalue weighted by molar-refractivity contribution is 4.74. The first-order valence-electron chi connectivity index (χ1n) is 5.63. The van der Waals surface area contributed by atoms with Gasteiger partial charge in [0.1, 0.15) is 0 Å². The third kappa shape index (κ3) is 3.95. The zero-order chi connectivity index (χ0) is 10.6. The fourth-order valence-electron chi connectivity index (χ4n) is 1.54. The lowest BCUT2D eigenvalue weighted by molar-refractivity contribution is -0.0195. The summed E-state index contributed by atoms with van der Waals surface area (Å²) in [6, 6.07) is 0.575. The summed E-state index contributed by atoms with van der Waals surface area (Å²) in [6.07, 6.45) is 0.370. The van der Waals surface area contributed by atoms with Gasteiger partial charge in [0.15, 0.2) is 0 Å². The van der Waals surface area contributed by atoms with Crippen molar-refractivity contribution < 1.29 is 4.74 Å². The van der Waals surface area contributed by atoms with Gasteiger partial charge < -0.3 is 15.0 Å². The number of ether oxygens (including phenoxy) is 1. The van der Waals surface area contributed by atoms with E-state index in [1.807, 2.05) is 0 Å². The lowest BCUT2D eigenvalue weighted by Crippen LogP contribution is -2.47. The molecular weight excluding hydrogens is 176 g/mol. The summed E-state index contributed by atoms with van der Waals surface area (Å²) in [6.45, 7) is 10.7. The van der Waals surface area contributed by atoms with Crippen LogP contribution in [0.3, 0.4) is 0 Å². The van der Waals surface area contributed by atoms with Gasteiger partial charge in [-0.1, -0.05) is 13.8 Å². The highest BCUT2D eigenvalue weighted by atomic mass is 16.5. The molecule has 0 aromatic rings. The van der Waals surface area contributed by atoms with Gasteiger partial charge in [0.2, 0.25) is 0 Å². The van der Waals surface area contributed by atoms with E-state index in [1.165, 1.54) is 0 Å². The first-order chi connectivity index (χ1) is 6.59. The van der Waals surface area contributed by atoms with Crippen LogP contribution >= 0.6 is 0 Å². The Labute approximate surface area is 87.8 Å². The van der Waals surface area contributed by atoms with E-state index in [-0.39, 0.29) is 0 Å². The minimum absolute atomic E-state index is 0.370. The van der Waals surface area contributed by atoms with Crippen LogP contribution in [0.15, 0.2) is 0 Å². The molecule has 0 aliphatic carbocycles. The molecule has 1 fully saturated rings. The molecule has 0 saturated carbocycles. The fourth-order valence-corrected chi connectivity index (χ4v) is 1.54. The van der Waals surface area contributed by atoms with Crippen molar-refractivity contribution in [1.29, 1.82) is 0 Å². The van der Waals surface area contributed by atoms with Crippen LogP contribution in [0.4, 0.5) is 0 Å². The Morgan fingerprint density at radius 2 is 2.14 bits per heavy atom. The largest absolute Gasteiger partial charge is 0.374 e. The van der Waals surface area contributed by atoms with E-state index in [1.54, 1.807) is 0 Å². The molecule has 0 amide bonds. The van der Waals surface area contributed by atoms with Crippen LogP contribution in [0.25, 0.3) is 0 Å². The second-order valence-corrected chi connectivity index (χ2v) is 4.70. The summed E-state index contributed by atoms with van der Waals surface area (Å²) in [5, 5.41) is 3.52. The summed E-state index contributed by atoms with van der Waals surface area (Å²) in [7, 11) is 2.15. The van der Waals surface area contributed by atoms with Gasteiger partial charge in [-0.3, -0.25) is 0 Å². The highest BCUT2D eigenvalue weighted by Gasteiger charge is 2.18. The summed E-state index contributed by atoms with van der Waals surface area (Å²) in [5.41, 5.74) is 0. The molecule has 0 spiro atoms. The second kappa shape index (κ2) is 5.69. The van der Waals surface area contributed by atoms with Crippen LogP contribution in [0.5, 0.6) is 0 Å². The molecule has 2 atom stereocenters. The van der Waals surface area contributed by atoms with Gasteiger partial charge in [0.05, 0.1) is 12.7 Å². The Hall–Kier alpha value is -0.120. The second-order valence-electron chi connectivity index (χ2n) is 4.70. The normalized spacial score (nSPS) is 26.8. The minimum atomic E-state index is 0.370. The van der Waals surface area contributed by atoms with Gasteiger partial charge in [0.25, 0.3) is 0 Å². The maximum absolute atomic E-state index is 5.67. The van der Waals surface area contributed by atoms with E-state index in [9.17, 15) is 0 Å².